The number of nitrogens with zero attached hydrogens (tertiary/aromatic N) is 2. The van der Waals surface area contributed by atoms with Crippen LogP contribution in [0.5, 0.6) is 0 Å². The van der Waals surface area contributed by atoms with Gasteiger partial charge in [0.25, 0.3) is 0 Å². The van der Waals surface area contributed by atoms with Crippen molar-refractivity contribution in [2.24, 2.45) is 0 Å². The molecule has 0 saturated heterocycles. The molecule has 1 aliphatic carbocycles. The molecule has 3 aromatic rings. The van der Waals surface area contributed by atoms with Gasteiger partial charge in [-0.15, -0.1) is 0 Å². The number of pyridine rings is 1. The summed E-state index contributed by atoms with van der Waals surface area (Å²) in [6, 6.07) is 9.24. The lowest BCUT2D eigenvalue weighted by molar-refractivity contribution is -0.121. The van der Waals surface area contributed by atoms with Crippen molar-refractivity contribution in [3.05, 3.63) is 59.2 Å². The molecule has 0 bridgehead atoms. The van der Waals surface area contributed by atoms with E-state index in [-0.39, 0.29) is 24.2 Å². The van der Waals surface area contributed by atoms with Crippen molar-refractivity contribution in [1.29, 1.82) is 0 Å². The van der Waals surface area contributed by atoms with E-state index in [9.17, 15) is 9.18 Å². The number of amides is 1. The second kappa shape index (κ2) is 7.74. The molecule has 2 heterocycles. The van der Waals surface area contributed by atoms with Crippen LogP contribution < -0.4 is 5.32 Å². The number of hydrogen-bond acceptors (Lipinski definition) is 2. The molecule has 146 valence electrons. The van der Waals surface area contributed by atoms with Crippen LogP contribution in [0.4, 0.5) is 4.39 Å². The molecule has 5 heteroatoms. The maximum Gasteiger partial charge on any atom is 0.226 e. The fourth-order valence-corrected chi connectivity index (χ4v) is 4.07. The van der Waals surface area contributed by atoms with Gasteiger partial charge in [-0.25, -0.2) is 9.37 Å². The number of fused-ring (bicyclic) bond motifs is 1. The van der Waals surface area contributed by atoms with Gasteiger partial charge in [-0.1, -0.05) is 25.3 Å². The van der Waals surface area contributed by atoms with Crippen LogP contribution in [0.3, 0.4) is 0 Å². The highest BCUT2D eigenvalue weighted by molar-refractivity contribution is 5.82. The second-order valence-electron chi connectivity index (χ2n) is 7.88. The van der Waals surface area contributed by atoms with Gasteiger partial charge in [-0.2, -0.15) is 0 Å². The average Bonchev–Trinajstić information content (AvgIpc) is 3.02. The zero-order chi connectivity index (χ0) is 19.7. The maximum absolute atomic E-state index is 13.8. The highest BCUT2D eigenvalue weighted by Gasteiger charge is 2.20. The topological polar surface area (TPSA) is 46.4 Å². The van der Waals surface area contributed by atoms with E-state index in [0.717, 1.165) is 41.0 Å². The Labute approximate surface area is 164 Å². The predicted octanol–water partition coefficient (Wildman–Crippen LogP) is 4.75. The Morgan fingerprint density at radius 1 is 1.18 bits per heavy atom. The van der Waals surface area contributed by atoms with Gasteiger partial charge in [-0.05, 0) is 62.1 Å². The standard InChI is InChI=1S/C23H26FN3O/c1-15-8-11-21-26-23(17-9-10-19(24)16(2)12-17)20(27(21)14-15)13-22(28)25-18-6-4-3-5-7-18/h8-12,14,18H,3-7,13H2,1-2H3,(H,25,28). The molecule has 0 spiro atoms. The molecule has 0 radical (unpaired) electrons. The summed E-state index contributed by atoms with van der Waals surface area (Å²) < 4.78 is 15.7. The third kappa shape index (κ3) is 3.79. The zero-order valence-electron chi connectivity index (χ0n) is 16.5. The summed E-state index contributed by atoms with van der Waals surface area (Å²) in [6.45, 7) is 3.77. The van der Waals surface area contributed by atoms with Gasteiger partial charge in [0, 0.05) is 17.8 Å². The van der Waals surface area contributed by atoms with E-state index in [1.807, 2.05) is 29.7 Å². The van der Waals surface area contributed by atoms with Crippen LogP contribution in [-0.2, 0) is 11.2 Å². The number of benzene rings is 1. The average molecular weight is 379 g/mol. The number of carbonyl (C=O) groups excluding carboxylic acids is 1. The Balaban J connectivity index is 1.70. The molecule has 2 aromatic heterocycles. The molecule has 1 fully saturated rings. The van der Waals surface area contributed by atoms with Gasteiger partial charge in [0.1, 0.15) is 11.5 Å². The first-order valence-corrected chi connectivity index (χ1v) is 10.0. The Hall–Kier alpha value is -2.69. The number of carbonyl (C=O) groups is 1. The van der Waals surface area contributed by atoms with E-state index in [2.05, 4.69) is 5.32 Å². The summed E-state index contributed by atoms with van der Waals surface area (Å²) in [4.78, 5) is 17.6. The molecule has 28 heavy (non-hydrogen) atoms. The molecule has 0 atom stereocenters. The van der Waals surface area contributed by atoms with Gasteiger partial charge in [0.05, 0.1) is 17.8 Å². The molecule has 1 aliphatic rings. The maximum atomic E-state index is 13.8. The quantitative estimate of drug-likeness (QED) is 0.711. The Kier molecular flexibility index (Phi) is 5.16. The van der Waals surface area contributed by atoms with Crippen LogP contribution in [0, 0.1) is 19.7 Å². The van der Waals surface area contributed by atoms with Crippen LogP contribution in [0.1, 0.15) is 48.9 Å². The lowest BCUT2D eigenvalue weighted by Gasteiger charge is -2.22. The largest absolute Gasteiger partial charge is 0.353 e. The van der Waals surface area contributed by atoms with Crippen LogP contribution in [0.15, 0.2) is 36.5 Å². The minimum atomic E-state index is -0.236. The molecular weight excluding hydrogens is 353 g/mol. The third-order valence-electron chi connectivity index (χ3n) is 5.60. The first-order valence-electron chi connectivity index (χ1n) is 10.0. The Morgan fingerprint density at radius 3 is 2.71 bits per heavy atom. The summed E-state index contributed by atoms with van der Waals surface area (Å²) in [6.07, 6.45) is 8.00. The van der Waals surface area contributed by atoms with Crippen molar-refractivity contribution >= 4 is 11.6 Å². The normalized spacial score (nSPS) is 15.1. The fraction of sp³-hybridized carbons (Fsp3) is 0.391. The molecule has 4 nitrogen and oxygen atoms in total. The second-order valence-corrected chi connectivity index (χ2v) is 7.88. The van der Waals surface area contributed by atoms with Gasteiger partial charge < -0.3 is 9.72 Å². The molecule has 1 aromatic carbocycles. The van der Waals surface area contributed by atoms with Crippen LogP contribution >= 0.6 is 0 Å². The first kappa shape index (κ1) is 18.7. The van der Waals surface area contributed by atoms with E-state index in [1.54, 1.807) is 19.1 Å². The van der Waals surface area contributed by atoms with Gasteiger partial charge in [0.15, 0.2) is 0 Å². The van der Waals surface area contributed by atoms with E-state index < -0.39 is 0 Å². The van der Waals surface area contributed by atoms with Crippen LogP contribution in [0.2, 0.25) is 0 Å². The summed E-state index contributed by atoms with van der Waals surface area (Å²) >= 11 is 0. The zero-order valence-corrected chi connectivity index (χ0v) is 16.5. The van der Waals surface area contributed by atoms with E-state index in [1.165, 1.54) is 25.3 Å². The number of aromatic nitrogens is 2. The minimum absolute atomic E-state index is 0.0234. The predicted molar refractivity (Wildman–Crippen MR) is 109 cm³/mol. The number of rotatable bonds is 4. The minimum Gasteiger partial charge on any atom is -0.353 e. The Bertz CT molecular complexity index is 1020. The SMILES string of the molecule is Cc1ccc2nc(-c3ccc(F)c(C)c3)c(CC(=O)NC3CCCCC3)n2c1. The van der Waals surface area contributed by atoms with Gasteiger partial charge in [-0.3, -0.25) is 4.79 Å². The lowest BCUT2D eigenvalue weighted by Crippen LogP contribution is -2.37. The summed E-state index contributed by atoms with van der Waals surface area (Å²) in [7, 11) is 0. The van der Waals surface area contributed by atoms with Gasteiger partial charge in [0.2, 0.25) is 5.91 Å². The van der Waals surface area contributed by atoms with E-state index in [0.29, 0.717) is 5.56 Å². The number of imidazole rings is 1. The van der Waals surface area contributed by atoms with Crippen molar-refractivity contribution in [1.82, 2.24) is 14.7 Å². The molecule has 0 unspecified atom stereocenters. The lowest BCUT2D eigenvalue weighted by atomic mass is 9.95. The first-order chi connectivity index (χ1) is 13.5. The van der Waals surface area contributed by atoms with E-state index in [4.69, 9.17) is 4.98 Å². The number of halogens is 1. The molecule has 1 N–H and O–H groups in total. The van der Waals surface area contributed by atoms with Crippen molar-refractivity contribution in [3.8, 4) is 11.3 Å². The van der Waals surface area contributed by atoms with Crippen LogP contribution in [0.25, 0.3) is 16.9 Å². The van der Waals surface area contributed by atoms with Crippen molar-refractivity contribution in [2.75, 3.05) is 0 Å². The summed E-state index contributed by atoms with van der Waals surface area (Å²) in [5, 5.41) is 3.20. The van der Waals surface area contributed by atoms with E-state index >= 15 is 0 Å². The highest BCUT2D eigenvalue weighted by Crippen LogP contribution is 2.27. The van der Waals surface area contributed by atoms with Gasteiger partial charge >= 0.3 is 0 Å². The molecule has 0 aliphatic heterocycles. The number of aryl methyl sites for hydroxylation is 2. The third-order valence-corrected chi connectivity index (χ3v) is 5.60. The van der Waals surface area contributed by atoms with Crippen molar-refractivity contribution in [2.45, 2.75) is 58.4 Å². The number of hydrogen-bond donors (Lipinski definition) is 1. The molecule has 1 saturated carbocycles. The monoisotopic (exact) mass is 379 g/mol. The molecule has 1 amide bonds. The van der Waals surface area contributed by atoms with Crippen molar-refractivity contribution in [3.63, 3.8) is 0 Å². The molecule has 4 rings (SSSR count). The van der Waals surface area contributed by atoms with Crippen LogP contribution in [-0.4, -0.2) is 21.3 Å². The highest BCUT2D eigenvalue weighted by atomic mass is 19.1. The summed E-state index contributed by atoms with van der Waals surface area (Å²) in [5.41, 5.74) is 4.89. The summed E-state index contributed by atoms with van der Waals surface area (Å²) in [5.74, 6) is -0.213. The number of nitrogens with one attached hydrogen (secondary N) is 1. The van der Waals surface area contributed by atoms with Crippen molar-refractivity contribution < 1.29 is 9.18 Å². The fourth-order valence-electron chi connectivity index (χ4n) is 4.07. The molecular formula is C23H26FN3O. The smallest absolute Gasteiger partial charge is 0.226 e. The Morgan fingerprint density at radius 2 is 1.96 bits per heavy atom.